The van der Waals surface area contributed by atoms with E-state index in [1.54, 1.807) is 0 Å². The molecular weight excluding hydrogens is 296 g/mol. The number of hydrogen-bond acceptors (Lipinski definition) is 5. The number of unbranched alkanes of at least 4 members (excludes halogenated alkanes) is 2. The van der Waals surface area contributed by atoms with Crippen LogP contribution < -0.4 is 0 Å². The van der Waals surface area contributed by atoms with E-state index in [9.17, 15) is 10.0 Å². The third-order valence-corrected chi connectivity index (χ3v) is 3.90. The maximum Gasteiger partial charge on any atom is 0.233 e. The molecule has 0 spiro atoms. The third-order valence-electron chi connectivity index (χ3n) is 3.90. The highest BCUT2D eigenvalue weighted by Gasteiger charge is 2.21. The van der Waals surface area contributed by atoms with Crippen molar-refractivity contribution >= 4 is 6.41 Å². The van der Waals surface area contributed by atoms with Crippen molar-refractivity contribution in [1.82, 2.24) is 19.8 Å². The quantitative estimate of drug-likeness (QED) is 0.315. The molecule has 0 unspecified atom stereocenters. The summed E-state index contributed by atoms with van der Waals surface area (Å²) in [4.78, 5) is 10.7. The van der Waals surface area contributed by atoms with Crippen molar-refractivity contribution in [2.45, 2.75) is 44.9 Å². The Balaban J connectivity index is 2.05. The van der Waals surface area contributed by atoms with Crippen molar-refractivity contribution in [3.8, 4) is 0 Å². The third kappa shape index (κ3) is 4.92. The van der Waals surface area contributed by atoms with E-state index in [0.717, 1.165) is 31.4 Å². The summed E-state index contributed by atoms with van der Waals surface area (Å²) in [5.41, 5.74) is 1.08. The molecule has 2 aromatic rings. The maximum absolute atomic E-state index is 10.7. The summed E-state index contributed by atoms with van der Waals surface area (Å²) in [6, 6.07) is 3.97. The molecule has 2 aromatic heterocycles. The number of hydroxylamine groups is 2. The second-order valence-corrected chi connectivity index (χ2v) is 5.74. The van der Waals surface area contributed by atoms with Gasteiger partial charge in [-0.15, -0.1) is 10.2 Å². The van der Waals surface area contributed by atoms with Gasteiger partial charge in [-0.25, -0.2) is 5.06 Å². The van der Waals surface area contributed by atoms with Crippen LogP contribution >= 0.6 is 0 Å². The zero-order valence-electron chi connectivity index (χ0n) is 13.7. The topological polar surface area (TPSA) is 84.4 Å². The van der Waals surface area contributed by atoms with Crippen LogP contribution in [0, 0.1) is 0 Å². The number of aryl methyl sites for hydroxylation is 1. The minimum Gasteiger partial charge on any atom is -0.424 e. The molecule has 0 bridgehead atoms. The average Bonchev–Trinajstić information content (AvgIpc) is 3.16. The molecule has 0 aromatic carbocycles. The molecule has 0 fully saturated rings. The first-order valence-electron chi connectivity index (χ1n) is 7.97. The van der Waals surface area contributed by atoms with E-state index in [-0.39, 0.29) is 12.5 Å². The minimum atomic E-state index is -0.147. The molecule has 0 saturated heterocycles. The molecule has 1 N–H and O–H groups in total. The van der Waals surface area contributed by atoms with Crippen molar-refractivity contribution < 1.29 is 14.4 Å². The van der Waals surface area contributed by atoms with E-state index >= 15 is 0 Å². The van der Waals surface area contributed by atoms with Crippen LogP contribution in [0.5, 0.6) is 0 Å². The van der Waals surface area contributed by atoms with Crippen molar-refractivity contribution in [2.24, 2.45) is 7.05 Å². The zero-order valence-corrected chi connectivity index (χ0v) is 13.7. The number of rotatable bonds is 10. The van der Waals surface area contributed by atoms with Gasteiger partial charge in [-0.2, -0.15) is 0 Å². The first kappa shape index (κ1) is 17.2. The number of nitrogens with zero attached hydrogens (tertiary/aromatic N) is 4. The molecule has 0 aliphatic rings. The van der Waals surface area contributed by atoms with Gasteiger partial charge in [0, 0.05) is 18.9 Å². The monoisotopic (exact) mass is 320 g/mol. The van der Waals surface area contributed by atoms with Crippen LogP contribution in [0.2, 0.25) is 0 Å². The van der Waals surface area contributed by atoms with Gasteiger partial charge >= 0.3 is 0 Å². The second-order valence-electron chi connectivity index (χ2n) is 5.74. The lowest BCUT2D eigenvalue weighted by atomic mass is 10.0. The highest BCUT2D eigenvalue weighted by molar-refractivity contribution is 5.44. The Bertz CT molecular complexity index is 608. The van der Waals surface area contributed by atoms with E-state index in [0.29, 0.717) is 29.7 Å². The van der Waals surface area contributed by atoms with Gasteiger partial charge in [0.2, 0.25) is 18.2 Å². The lowest BCUT2D eigenvalue weighted by molar-refractivity contribution is -0.151. The average molecular weight is 320 g/mol. The van der Waals surface area contributed by atoms with Gasteiger partial charge in [0.05, 0.1) is 18.9 Å². The molecule has 23 heavy (non-hydrogen) atoms. The number of aromatic nitrogens is 3. The molecule has 1 amide bonds. The van der Waals surface area contributed by atoms with Crippen molar-refractivity contribution in [1.29, 1.82) is 0 Å². The molecule has 2 rings (SSSR count). The maximum atomic E-state index is 10.7. The Morgan fingerprint density at radius 1 is 1.43 bits per heavy atom. The molecule has 0 aliphatic carbocycles. The lowest BCUT2D eigenvalue weighted by Crippen LogP contribution is -2.24. The van der Waals surface area contributed by atoms with Crippen LogP contribution in [0.1, 0.15) is 56.0 Å². The van der Waals surface area contributed by atoms with Crippen molar-refractivity contribution in [3.05, 3.63) is 35.8 Å². The number of carbonyl (C=O) groups is 1. The van der Waals surface area contributed by atoms with Gasteiger partial charge in [-0.3, -0.25) is 10.0 Å². The highest BCUT2D eigenvalue weighted by atomic mass is 16.5. The van der Waals surface area contributed by atoms with E-state index in [1.165, 1.54) is 0 Å². The van der Waals surface area contributed by atoms with Crippen molar-refractivity contribution in [3.63, 3.8) is 0 Å². The predicted octanol–water partition coefficient (Wildman–Crippen LogP) is 2.51. The Labute approximate surface area is 135 Å². The summed E-state index contributed by atoms with van der Waals surface area (Å²) in [6.45, 7) is 2.29. The Hall–Kier alpha value is -2.15. The first-order chi connectivity index (χ1) is 11.1. The fourth-order valence-electron chi connectivity index (χ4n) is 2.54. The molecule has 1 atom stereocenters. The largest absolute Gasteiger partial charge is 0.424 e. The van der Waals surface area contributed by atoms with Gasteiger partial charge in [0.1, 0.15) is 0 Å². The first-order valence-corrected chi connectivity index (χ1v) is 7.97. The number of carbonyl (C=O) groups excluding carboxylic acids is 1. The van der Waals surface area contributed by atoms with Gasteiger partial charge in [0.15, 0.2) is 0 Å². The highest BCUT2D eigenvalue weighted by Crippen LogP contribution is 2.23. The second kappa shape index (κ2) is 8.47. The van der Waals surface area contributed by atoms with E-state index < -0.39 is 0 Å². The molecule has 126 valence electrons. The Morgan fingerprint density at radius 2 is 2.26 bits per heavy atom. The summed E-state index contributed by atoms with van der Waals surface area (Å²) in [5, 5.41) is 18.3. The fraction of sp³-hybridized carbons (Fsp3) is 0.562. The fourth-order valence-corrected chi connectivity index (χ4v) is 2.54. The summed E-state index contributed by atoms with van der Waals surface area (Å²) in [6.07, 6.45) is 6.91. The SMILES string of the molecule is CCCCC[C@@H](CN(O)C=O)c1nnc(Cc2cccn2C)o1. The lowest BCUT2D eigenvalue weighted by Gasteiger charge is -2.16. The summed E-state index contributed by atoms with van der Waals surface area (Å²) in [5.74, 6) is 0.871. The molecule has 7 nitrogen and oxygen atoms in total. The summed E-state index contributed by atoms with van der Waals surface area (Å²) in [7, 11) is 1.97. The normalized spacial score (nSPS) is 12.3. The Kier molecular flexibility index (Phi) is 6.34. The molecule has 0 radical (unpaired) electrons. The van der Waals surface area contributed by atoms with Crippen LogP contribution in [-0.4, -0.2) is 38.0 Å². The smallest absolute Gasteiger partial charge is 0.233 e. The molecule has 7 heteroatoms. The van der Waals surface area contributed by atoms with Crippen LogP contribution in [0.25, 0.3) is 0 Å². The number of hydrogen-bond donors (Lipinski definition) is 1. The summed E-state index contributed by atoms with van der Waals surface area (Å²) >= 11 is 0. The molecule has 2 heterocycles. The van der Waals surface area contributed by atoms with Crippen molar-refractivity contribution in [2.75, 3.05) is 6.54 Å². The molecule has 0 aliphatic heterocycles. The van der Waals surface area contributed by atoms with E-state index in [4.69, 9.17) is 4.42 Å². The zero-order chi connectivity index (χ0) is 16.7. The van der Waals surface area contributed by atoms with Crippen LogP contribution in [0.4, 0.5) is 0 Å². The number of amides is 1. The Morgan fingerprint density at radius 3 is 2.91 bits per heavy atom. The van der Waals surface area contributed by atoms with E-state index in [2.05, 4.69) is 17.1 Å². The van der Waals surface area contributed by atoms with Gasteiger partial charge in [-0.1, -0.05) is 26.2 Å². The van der Waals surface area contributed by atoms with Crippen LogP contribution in [-0.2, 0) is 18.3 Å². The predicted molar refractivity (Wildman–Crippen MR) is 84.0 cm³/mol. The van der Waals surface area contributed by atoms with Crippen LogP contribution in [0.15, 0.2) is 22.7 Å². The molecular formula is C16H24N4O3. The van der Waals surface area contributed by atoms with Gasteiger partial charge in [-0.05, 0) is 18.6 Å². The standard InChI is InChI=1S/C16H24N4O3/c1-3-4-5-7-13(11-20(22)12-21)16-18-17-15(23-16)10-14-8-6-9-19(14)2/h6,8-9,12-13,22H,3-5,7,10-11H2,1-2H3/t13-/m0/s1. The van der Waals surface area contributed by atoms with Crippen LogP contribution in [0.3, 0.4) is 0 Å². The minimum absolute atomic E-state index is 0.147. The van der Waals surface area contributed by atoms with E-state index in [1.807, 2.05) is 29.9 Å². The summed E-state index contributed by atoms with van der Waals surface area (Å²) < 4.78 is 7.77. The van der Waals surface area contributed by atoms with Gasteiger partial charge in [0.25, 0.3) is 0 Å². The molecule has 0 saturated carbocycles. The van der Waals surface area contributed by atoms with Gasteiger partial charge < -0.3 is 8.98 Å².